The van der Waals surface area contributed by atoms with Crippen molar-refractivity contribution in [2.45, 2.75) is 6.92 Å². The van der Waals surface area contributed by atoms with Gasteiger partial charge in [0.2, 0.25) is 11.5 Å². The van der Waals surface area contributed by atoms with E-state index in [1.807, 2.05) is 0 Å². The van der Waals surface area contributed by atoms with Gasteiger partial charge in [0.25, 0.3) is 5.69 Å². The predicted molar refractivity (Wildman–Crippen MR) is 95.2 cm³/mol. The van der Waals surface area contributed by atoms with E-state index in [-0.39, 0.29) is 30.2 Å². The van der Waals surface area contributed by atoms with Gasteiger partial charge < -0.3 is 9.72 Å². The zero-order valence-corrected chi connectivity index (χ0v) is 14.3. The summed E-state index contributed by atoms with van der Waals surface area (Å²) in [7, 11) is 0. The fraction of sp³-hybridized carbons (Fsp3) is 0.176. The SMILES string of the molecule is CCOC(=O)CN(/N=C(\C#N)C(=O)c1ccc[nH]1)c1ccc([N+](=O)[O-])cc1. The van der Waals surface area contributed by atoms with Crippen LogP contribution in [0, 0.1) is 21.4 Å². The molecule has 0 spiro atoms. The third-order valence-electron chi connectivity index (χ3n) is 3.33. The topological polar surface area (TPSA) is 142 Å². The van der Waals surface area contributed by atoms with Gasteiger partial charge >= 0.3 is 5.97 Å². The van der Waals surface area contributed by atoms with E-state index < -0.39 is 22.4 Å². The molecular weight excluding hydrogens is 354 g/mol. The highest BCUT2D eigenvalue weighted by atomic mass is 16.6. The Kier molecular flexibility index (Phi) is 6.38. The molecule has 0 unspecified atom stereocenters. The van der Waals surface area contributed by atoms with Gasteiger partial charge in [-0.05, 0) is 31.2 Å². The lowest BCUT2D eigenvalue weighted by atomic mass is 10.2. The molecule has 2 aromatic rings. The van der Waals surface area contributed by atoms with Crippen LogP contribution in [-0.4, -0.2) is 40.5 Å². The maximum Gasteiger partial charge on any atom is 0.327 e. The minimum Gasteiger partial charge on any atom is -0.465 e. The number of non-ortho nitro benzene ring substituents is 1. The molecule has 0 amide bonds. The minimum absolute atomic E-state index is 0.142. The molecule has 0 saturated carbocycles. The molecule has 0 radical (unpaired) electrons. The summed E-state index contributed by atoms with van der Waals surface area (Å²) < 4.78 is 4.87. The summed E-state index contributed by atoms with van der Waals surface area (Å²) in [6, 6.07) is 9.94. The number of anilines is 1. The Morgan fingerprint density at radius 3 is 2.56 bits per heavy atom. The molecular formula is C17H15N5O5. The molecule has 10 nitrogen and oxygen atoms in total. The van der Waals surface area contributed by atoms with Crippen LogP contribution in [0.25, 0.3) is 0 Å². The van der Waals surface area contributed by atoms with Gasteiger partial charge in [-0.25, -0.2) is 0 Å². The highest BCUT2D eigenvalue weighted by Gasteiger charge is 2.19. The van der Waals surface area contributed by atoms with Crippen LogP contribution >= 0.6 is 0 Å². The number of nitro benzene ring substituents is 1. The van der Waals surface area contributed by atoms with Gasteiger partial charge in [0.15, 0.2) is 0 Å². The number of nitrogens with zero attached hydrogens (tertiary/aromatic N) is 4. The number of ether oxygens (including phenoxy) is 1. The van der Waals surface area contributed by atoms with Crippen molar-refractivity contribution in [3.05, 3.63) is 58.4 Å². The number of aromatic nitrogens is 1. The Balaban J connectivity index is 2.38. The van der Waals surface area contributed by atoms with Crippen molar-refractivity contribution in [3.8, 4) is 6.07 Å². The van der Waals surface area contributed by atoms with Gasteiger partial charge in [-0.2, -0.15) is 10.4 Å². The Labute approximate surface area is 153 Å². The van der Waals surface area contributed by atoms with E-state index in [0.29, 0.717) is 0 Å². The molecule has 0 saturated heterocycles. The molecule has 1 aromatic heterocycles. The third-order valence-corrected chi connectivity index (χ3v) is 3.33. The lowest BCUT2D eigenvalue weighted by Crippen LogP contribution is -2.29. The Hall–Kier alpha value is -4.00. The molecule has 1 heterocycles. The third kappa shape index (κ3) is 4.99. The van der Waals surface area contributed by atoms with E-state index in [4.69, 9.17) is 4.74 Å². The second-order valence-corrected chi connectivity index (χ2v) is 5.11. The van der Waals surface area contributed by atoms with E-state index in [1.165, 1.54) is 36.5 Å². The van der Waals surface area contributed by atoms with Crippen molar-refractivity contribution in [2.75, 3.05) is 18.2 Å². The minimum atomic E-state index is -0.654. The van der Waals surface area contributed by atoms with Gasteiger partial charge in [0.05, 0.1) is 22.9 Å². The Morgan fingerprint density at radius 2 is 2.04 bits per heavy atom. The van der Waals surface area contributed by atoms with Crippen molar-refractivity contribution in [2.24, 2.45) is 5.10 Å². The number of rotatable bonds is 8. The number of carbonyl (C=O) groups excluding carboxylic acids is 2. The number of hydrogen-bond acceptors (Lipinski definition) is 8. The van der Waals surface area contributed by atoms with Crippen LogP contribution < -0.4 is 5.01 Å². The summed E-state index contributed by atoms with van der Waals surface area (Å²) in [6.07, 6.45) is 1.52. The van der Waals surface area contributed by atoms with Gasteiger partial charge in [-0.3, -0.25) is 24.7 Å². The van der Waals surface area contributed by atoms with Gasteiger partial charge in [0.1, 0.15) is 12.6 Å². The molecule has 0 aliphatic heterocycles. The van der Waals surface area contributed by atoms with Crippen LogP contribution in [0.5, 0.6) is 0 Å². The number of nitro groups is 1. The highest BCUT2D eigenvalue weighted by molar-refractivity contribution is 6.51. The summed E-state index contributed by atoms with van der Waals surface area (Å²) in [6.45, 7) is 1.39. The summed E-state index contributed by atoms with van der Waals surface area (Å²) >= 11 is 0. The molecule has 2 rings (SSSR count). The summed E-state index contributed by atoms with van der Waals surface area (Å²) in [5, 5.41) is 25.1. The monoisotopic (exact) mass is 369 g/mol. The normalized spacial score (nSPS) is 10.7. The van der Waals surface area contributed by atoms with Crippen molar-refractivity contribution < 1.29 is 19.2 Å². The van der Waals surface area contributed by atoms with Crippen molar-refractivity contribution >= 4 is 28.8 Å². The molecule has 0 atom stereocenters. The average molecular weight is 369 g/mol. The molecule has 0 aliphatic carbocycles. The number of benzene rings is 1. The molecule has 10 heteroatoms. The van der Waals surface area contributed by atoms with Gasteiger partial charge in [-0.1, -0.05) is 0 Å². The van der Waals surface area contributed by atoms with Gasteiger partial charge in [-0.15, -0.1) is 0 Å². The number of nitrogens with one attached hydrogen (secondary N) is 1. The smallest absolute Gasteiger partial charge is 0.327 e. The maximum absolute atomic E-state index is 12.3. The number of carbonyl (C=O) groups is 2. The average Bonchev–Trinajstić information content (AvgIpc) is 3.19. The van der Waals surface area contributed by atoms with E-state index in [0.717, 1.165) is 5.01 Å². The number of esters is 1. The van der Waals surface area contributed by atoms with Gasteiger partial charge in [0, 0.05) is 18.3 Å². The Bertz CT molecular complexity index is 897. The van der Waals surface area contributed by atoms with Crippen LogP contribution in [0.2, 0.25) is 0 Å². The van der Waals surface area contributed by atoms with Crippen LogP contribution in [-0.2, 0) is 9.53 Å². The highest BCUT2D eigenvalue weighted by Crippen LogP contribution is 2.20. The van der Waals surface area contributed by atoms with Crippen molar-refractivity contribution in [1.82, 2.24) is 4.98 Å². The second kappa shape index (κ2) is 8.91. The van der Waals surface area contributed by atoms with Crippen LogP contribution in [0.4, 0.5) is 11.4 Å². The molecule has 0 fully saturated rings. The molecule has 27 heavy (non-hydrogen) atoms. The first-order valence-corrected chi connectivity index (χ1v) is 7.80. The zero-order valence-electron chi connectivity index (χ0n) is 14.3. The number of H-pyrrole nitrogens is 1. The fourth-order valence-corrected chi connectivity index (χ4v) is 2.10. The summed E-state index contributed by atoms with van der Waals surface area (Å²) in [5.74, 6) is -1.29. The first-order valence-electron chi connectivity index (χ1n) is 7.80. The standard InChI is InChI=1S/C17H15N5O5/c1-2-27-16(23)11-21(12-5-7-13(8-6-12)22(25)26)20-15(10-18)17(24)14-4-3-9-19-14/h3-9,19H,2,11H2,1H3/b20-15+. The molecule has 0 bridgehead atoms. The van der Waals surface area contributed by atoms with E-state index in [9.17, 15) is 25.0 Å². The van der Waals surface area contributed by atoms with Crippen LogP contribution in [0.3, 0.4) is 0 Å². The summed E-state index contributed by atoms with van der Waals surface area (Å²) in [5.41, 5.74) is -0.169. The molecule has 1 aromatic carbocycles. The van der Waals surface area contributed by atoms with Crippen molar-refractivity contribution in [3.63, 3.8) is 0 Å². The summed E-state index contributed by atoms with van der Waals surface area (Å²) in [4.78, 5) is 37.1. The Morgan fingerprint density at radius 1 is 1.33 bits per heavy atom. The number of nitriles is 1. The number of hydrazone groups is 1. The zero-order chi connectivity index (χ0) is 19.8. The first-order chi connectivity index (χ1) is 13.0. The lowest BCUT2D eigenvalue weighted by Gasteiger charge is -2.18. The van der Waals surface area contributed by atoms with E-state index in [1.54, 1.807) is 19.1 Å². The van der Waals surface area contributed by atoms with E-state index >= 15 is 0 Å². The fourth-order valence-electron chi connectivity index (χ4n) is 2.10. The second-order valence-electron chi connectivity index (χ2n) is 5.11. The van der Waals surface area contributed by atoms with Crippen LogP contribution in [0.15, 0.2) is 47.7 Å². The number of hydrogen-bond donors (Lipinski definition) is 1. The van der Waals surface area contributed by atoms with E-state index in [2.05, 4.69) is 10.1 Å². The molecule has 0 aliphatic rings. The quantitative estimate of drug-likeness (QED) is 0.247. The van der Waals surface area contributed by atoms with Crippen molar-refractivity contribution in [1.29, 1.82) is 5.26 Å². The number of Topliss-reactive ketones (excluding diaryl/α,β-unsaturated/α-hetero) is 1. The molecule has 1 N–H and O–H groups in total. The molecule has 138 valence electrons. The lowest BCUT2D eigenvalue weighted by molar-refractivity contribution is -0.384. The number of aromatic amines is 1. The predicted octanol–water partition coefficient (Wildman–Crippen LogP) is 2.05. The number of ketones is 1. The maximum atomic E-state index is 12.3. The van der Waals surface area contributed by atoms with Crippen LogP contribution in [0.1, 0.15) is 17.4 Å². The first kappa shape index (κ1) is 19.3. The largest absolute Gasteiger partial charge is 0.465 e.